The molecule has 2 heterocycles. The second kappa shape index (κ2) is 4.86. The van der Waals surface area contributed by atoms with Crippen molar-refractivity contribution < 1.29 is 0 Å². The summed E-state index contributed by atoms with van der Waals surface area (Å²) >= 11 is 1.83. The maximum absolute atomic E-state index is 4.57. The molecule has 0 fully saturated rings. The van der Waals surface area contributed by atoms with Crippen molar-refractivity contribution in [3.05, 3.63) is 66.1 Å². The van der Waals surface area contributed by atoms with Gasteiger partial charge in [0.2, 0.25) is 0 Å². The molecule has 0 aliphatic heterocycles. The highest BCUT2D eigenvalue weighted by molar-refractivity contribution is 7.98. The fourth-order valence-corrected chi connectivity index (χ4v) is 2.93. The number of thioether (sulfide) groups is 1. The first-order valence-corrected chi connectivity index (χ1v) is 6.92. The second-order valence-corrected chi connectivity index (χ2v) is 5.28. The van der Waals surface area contributed by atoms with Crippen molar-refractivity contribution in [1.29, 1.82) is 0 Å². The van der Waals surface area contributed by atoms with Gasteiger partial charge >= 0.3 is 0 Å². The highest BCUT2D eigenvalue weighted by Gasteiger charge is 2.04. The molecule has 0 aliphatic rings. The standard InChI is InChI=1S/C15H14N2S/c1-12-10-17-9-5-8-14(15(17)16-12)18-11-13-6-3-2-4-7-13/h2-10H,11H2,1H3. The van der Waals surface area contributed by atoms with Gasteiger partial charge in [-0.1, -0.05) is 30.3 Å². The van der Waals surface area contributed by atoms with E-state index in [0.717, 1.165) is 17.1 Å². The van der Waals surface area contributed by atoms with Crippen molar-refractivity contribution in [1.82, 2.24) is 9.38 Å². The van der Waals surface area contributed by atoms with Gasteiger partial charge in [-0.05, 0) is 24.6 Å². The Morgan fingerprint density at radius 1 is 1.11 bits per heavy atom. The zero-order valence-electron chi connectivity index (χ0n) is 10.2. The van der Waals surface area contributed by atoms with Gasteiger partial charge in [0.1, 0.15) is 0 Å². The summed E-state index contributed by atoms with van der Waals surface area (Å²) in [4.78, 5) is 5.80. The molecule has 0 radical (unpaired) electrons. The Kier molecular flexibility index (Phi) is 3.07. The van der Waals surface area contributed by atoms with Gasteiger partial charge in [-0.3, -0.25) is 0 Å². The highest BCUT2D eigenvalue weighted by Crippen LogP contribution is 2.26. The van der Waals surface area contributed by atoms with E-state index in [1.54, 1.807) is 0 Å². The summed E-state index contributed by atoms with van der Waals surface area (Å²) in [5.74, 6) is 0.979. The number of rotatable bonds is 3. The van der Waals surface area contributed by atoms with E-state index < -0.39 is 0 Å². The van der Waals surface area contributed by atoms with Crippen molar-refractivity contribution >= 4 is 17.4 Å². The molecule has 1 aromatic carbocycles. The topological polar surface area (TPSA) is 17.3 Å². The number of imidazole rings is 1. The number of benzene rings is 1. The van der Waals surface area contributed by atoms with Crippen LogP contribution in [0.3, 0.4) is 0 Å². The smallest absolute Gasteiger partial charge is 0.150 e. The second-order valence-electron chi connectivity index (χ2n) is 4.26. The van der Waals surface area contributed by atoms with Crippen molar-refractivity contribution in [3.8, 4) is 0 Å². The number of aromatic nitrogens is 2. The van der Waals surface area contributed by atoms with E-state index in [1.807, 2.05) is 30.9 Å². The molecule has 0 bridgehead atoms. The Morgan fingerprint density at radius 2 is 1.94 bits per heavy atom. The minimum Gasteiger partial charge on any atom is -0.306 e. The third kappa shape index (κ3) is 2.27. The molecule has 3 heteroatoms. The summed E-state index contributed by atoms with van der Waals surface area (Å²) in [5, 5.41) is 0. The number of hydrogen-bond acceptors (Lipinski definition) is 2. The van der Waals surface area contributed by atoms with E-state index in [0.29, 0.717) is 0 Å². The Labute approximate surface area is 111 Å². The van der Waals surface area contributed by atoms with Crippen LogP contribution in [0.2, 0.25) is 0 Å². The highest BCUT2D eigenvalue weighted by atomic mass is 32.2. The van der Waals surface area contributed by atoms with E-state index >= 15 is 0 Å². The van der Waals surface area contributed by atoms with Crippen molar-refractivity contribution in [2.45, 2.75) is 17.6 Å². The molecule has 0 atom stereocenters. The Hall–Kier alpha value is -1.74. The van der Waals surface area contributed by atoms with E-state index in [4.69, 9.17) is 0 Å². The largest absolute Gasteiger partial charge is 0.306 e. The maximum atomic E-state index is 4.57. The Morgan fingerprint density at radius 3 is 2.78 bits per heavy atom. The molecule has 90 valence electrons. The van der Waals surface area contributed by atoms with Crippen molar-refractivity contribution in [2.24, 2.45) is 0 Å². The van der Waals surface area contributed by atoms with Gasteiger partial charge < -0.3 is 4.40 Å². The molecule has 3 rings (SSSR count). The maximum Gasteiger partial charge on any atom is 0.150 e. The van der Waals surface area contributed by atoms with Crippen molar-refractivity contribution in [2.75, 3.05) is 0 Å². The van der Waals surface area contributed by atoms with E-state index in [1.165, 1.54) is 10.5 Å². The third-order valence-electron chi connectivity index (χ3n) is 2.80. The summed E-state index contributed by atoms with van der Waals surface area (Å²) in [5.41, 5.74) is 3.45. The fourth-order valence-electron chi connectivity index (χ4n) is 1.96. The number of hydrogen-bond donors (Lipinski definition) is 0. The molecule has 0 aliphatic carbocycles. The van der Waals surface area contributed by atoms with Gasteiger partial charge in [-0.2, -0.15) is 0 Å². The average molecular weight is 254 g/mol. The Bertz CT molecular complexity index is 659. The number of fused-ring (bicyclic) bond motifs is 1. The van der Waals surface area contributed by atoms with Crippen LogP contribution in [-0.4, -0.2) is 9.38 Å². The molecule has 3 aromatic rings. The normalized spacial score (nSPS) is 10.9. The van der Waals surface area contributed by atoms with E-state index in [9.17, 15) is 0 Å². The minimum atomic E-state index is 0.979. The van der Waals surface area contributed by atoms with Crippen molar-refractivity contribution in [3.63, 3.8) is 0 Å². The summed E-state index contributed by atoms with van der Waals surface area (Å²) in [6, 6.07) is 14.7. The average Bonchev–Trinajstić information content (AvgIpc) is 2.78. The van der Waals surface area contributed by atoms with Crippen LogP contribution in [0.1, 0.15) is 11.3 Å². The van der Waals surface area contributed by atoms with Crippen LogP contribution in [0.4, 0.5) is 0 Å². The first kappa shape index (κ1) is 11.4. The van der Waals surface area contributed by atoms with Crippen LogP contribution in [-0.2, 0) is 5.75 Å². The van der Waals surface area contributed by atoms with Crippen LogP contribution in [0.25, 0.3) is 5.65 Å². The molecule has 18 heavy (non-hydrogen) atoms. The Balaban J connectivity index is 1.86. The molecular formula is C15H14N2S. The van der Waals surface area contributed by atoms with Gasteiger partial charge in [-0.25, -0.2) is 4.98 Å². The zero-order chi connectivity index (χ0) is 12.4. The lowest BCUT2D eigenvalue weighted by atomic mass is 10.2. The lowest BCUT2D eigenvalue weighted by Crippen LogP contribution is -1.86. The number of pyridine rings is 1. The molecule has 0 saturated carbocycles. The van der Waals surface area contributed by atoms with Gasteiger partial charge in [0.25, 0.3) is 0 Å². The van der Waals surface area contributed by atoms with Gasteiger partial charge in [0.05, 0.1) is 10.6 Å². The number of aryl methyl sites for hydroxylation is 1. The van der Waals surface area contributed by atoms with Gasteiger partial charge in [0.15, 0.2) is 5.65 Å². The zero-order valence-corrected chi connectivity index (χ0v) is 11.0. The first-order chi connectivity index (χ1) is 8.83. The minimum absolute atomic E-state index is 0.979. The molecule has 0 unspecified atom stereocenters. The lowest BCUT2D eigenvalue weighted by molar-refractivity contribution is 1.14. The summed E-state index contributed by atoms with van der Waals surface area (Å²) < 4.78 is 2.09. The molecule has 0 spiro atoms. The lowest BCUT2D eigenvalue weighted by Gasteiger charge is -2.03. The number of nitrogens with zero attached hydrogens (tertiary/aromatic N) is 2. The van der Waals surface area contributed by atoms with E-state index in [2.05, 4.69) is 52.0 Å². The first-order valence-electron chi connectivity index (χ1n) is 5.94. The van der Waals surface area contributed by atoms with Crippen LogP contribution < -0.4 is 0 Å². The van der Waals surface area contributed by atoms with Gasteiger partial charge in [0, 0.05) is 18.1 Å². The third-order valence-corrected chi connectivity index (χ3v) is 3.91. The van der Waals surface area contributed by atoms with E-state index in [-0.39, 0.29) is 0 Å². The van der Waals surface area contributed by atoms with Crippen LogP contribution in [0, 0.1) is 6.92 Å². The van der Waals surface area contributed by atoms with Crippen LogP contribution in [0.15, 0.2) is 59.8 Å². The monoisotopic (exact) mass is 254 g/mol. The fraction of sp³-hybridized carbons (Fsp3) is 0.133. The SMILES string of the molecule is Cc1cn2cccc(SCc3ccccc3)c2n1. The van der Waals surface area contributed by atoms with Gasteiger partial charge in [-0.15, -0.1) is 11.8 Å². The summed E-state index contributed by atoms with van der Waals surface area (Å²) in [7, 11) is 0. The predicted octanol–water partition coefficient (Wildman–Crippen LogP) is 3.94. The molecule has 2 aromatic heterocycles. The molecule has 2 nitrogen and oxygen atoms in total. The van der Waals surface area contributed by atoms with Crippen LogP contribution >= 0.6 is 11.8 Å². The summed E-state index contributed by atoms with van der Waals surface area (Å²) in [6.07, 6.45) is 4.10. The molecule has 0 N–H and O–H groups in total. The quantitative estimate of drug-likeness (QED) is 0.659. The van der Waals surface area contributed by atoms with Crippen LogP contribution in [0.5, 0.6) is 0 Å². The molecule has 0 saturated heterocycles. The molecular weight excluding hydrogens is 240 g/mol. The molecule has 0 amide bonds. The predicted molar refractivity (Wildman–Crippen MR) is 75.9 cm³/mol. The summed E-state index contributed by atoms with van der Waals surface area (Å²) in [6.45, 7) is 2.03.